The summed E-state index contributed by atoms with van der Waals surface area (Å²) in [7, 11) is 0. The lowest BCUT2D eigenvalue weighted by molar-refractivity contribution is -0.132. The summed E-state index contributed by atoms with van der Waals surface area (Å²) in [5, 5.41) is 1.36. The molecule has 8 nitrogen and oxygen atoms in total. The van der Waals surface area contributed by atoms with Crippen LogP contribution in [0.5, 0.6) is 0 Å². The van der Waals surface area contributed by atoms with Crippen LogP contribution in [0, 0.1) is 18.4 Å². The third-order valence-electron chi connectivity index (χ3n) is 6.32. The summed E-state index contributed by atoms with van der Waals surface area (Å²) in [6, 6.07) is 9.34. The number of ketones is 1. The lowest BCUT2D eigenvalue weighted by Crippen LogP contribution is -2.56. The zero-order chi connectivity index (χ0) is 25.4. The van der Waals surface area contributed by atoms with E-state index in [0.29, 0.717) is 26.1 Å². The predicted molar refractivity (Wildman–Crippen MR) is 135 cm³/mol. The highest BCUT2D eigenvalue weighted by molar-refractivity contribution is 5.93. The van der Waals surface area contributed by atoms with Gasteiger partial charge in [-0.3, -0.25) is 4.79 Å². The molecular formula is C27H41N4O4. The van der Waals surface area contributed by atoms with E-state index in [-0.39, 0.29) is 23.7 Å². The van der Waals surface area contributed by atoms with Gasteiger partial charge in [-0.15, -0.1) is 0 Å². The van der Waals surface area contributed by atoms with E-state index in [1.165, 1.54) is 10.6 Å². The number of ether oxygens (including phenoxy) is 1. The Kier molecular flexibility index (Phi) is 9.95. The van der Waals surface area contributed by atoms with Crippen LogP contribution in [0.2, 0.25) is 0 Å². The molecule has 2 aliphatic heterocycles. The van der Waals surface area contributed by atoms with Gasteiger partial charge in [0.25, 0.3) is 0 Å². The summed E-state index contributed by atoms with van der Waals surface area (Å²) in [5.74, 6) is 0.132. The number of nitrogens with zero attached hydrogens (tertiary/aromatic N) is 3. The van der Waals surface area contributed by atoms with E-state index in [4.69, 9.17) is 4.74 Å². The van der Waals surface area contributed by atoms with Gasteiger partial charge >= 0.3 is 12.1 Å². The van der Waals surface area contributed by atoms with Crippen molar-refractivity contribution in [3.63, 3.8) is 0 Å². The van der Waals surface area contributed by atoms with Crippen LogP contribution >= 0.6 is 0 Å². The van der Waals surface area contributed by atoms with E-state index in [2.05, 4.69) is 17.6 Å². The fraction of sp³-hybridized carbons (Fsp3) is 0.630. The van der Waals surface area contributed by atoms with Crippen molar-refractivity contribution in [2.24, 2.45) is 11.8 Å². The zero-order valence-corrected chi connectivity index (χ0v) is 21.6. The number of benzene rings is 1. The number of aryl methyl sites for hydroxylation is 1. The highest BCUT2D eigenvalue weighted by atomic mass is 16.6. The number of urea groups is 1. The molecule has 1 aromatic carbocycles. The Balaban J connectivity index is 1.79. The van der Waals surface area contributed by atoms with Gasteiger partial charge in [-0.25, -0.2) is 14.6 Å². The second-order valence-electron chi connectivity index (χ2n) is 10.4. The molecule has 2 aliphatic rings. The van der Waals surface area contributed by atoms with Gasteiger partial charge in [-0.1, -0.05) is 58.0 Å². The monoisotopic (exact) mass is 485 g/mol. The molecule has 3 rings (SSSR count). The first-order chi connectivity index (χ1) is 16.8. The van der Waals surface area contributed by atoms with Crippen LogP contribution in [0.1, 0.15) is 65.4 Å². The zero-order valence-electron chi connectivity index (χ0n) is 21.6. The fourth-order valence-corrected chi connectivity index (χ4v) is 4.60. The second kappa shape index (κ2) is 12.9. The Labute approximate surface area is 209 Å². The summed E-state index contributed by atoms with van der Waals surface area (Å²) < 4.78 is 5.42. The van der Waals surface area contributed by atoms with Crippen molar-refractivity contribution in [3.8, 4) is 0 Å². The van der Waals surface area contributed by atoms with Crippen LogP contribution in [-0.4, -0.2) is 64.6 Å². The van der Waals surface area contributed by atoms with Gasteiger partial charge in [0.05, 0.1) is 12.6 Å². The summed E-state index contributed by atoms with van der Waals surface area (Å²) >= 11 is 0. The maximum absolute atomic E-state index is 13.7. The first-order valence-corrected chi connectivity index (χ1v) is 13.0. The van der Waals surface area contributed by atoms with E-state index in [1.54, 1.807) is 9.80 Å². The van der Waals surface area contributed by atoms with Gasteiger partial charge < -0.3 is 14.5 Å². The molecule has 2 atom stereocenters. The number of piperidine rings is 1. The number of hydrogen-bond acceptors (Lipinski definition) is 5. The SMILES string of the molecule is CC(C)C[C@@H](C(=O)C1NN(CC(C)C)C(=O)O1)N(CCCc1ccccc1)C(=O)N1[CH]CCCC1. The molecule has 1 radical (unpaired) electrons. The largest absolute Gasteiger partial charge is 0.426 e. The Bertz CT molecular complexity index is 839. The molecule has 193 valence electrons. The van der Waals surface area contributed by atoms with Crippen molar-refractivity contribution < 1.29 is 19.1 Å². The molecule has 0 aromatic heterocycles. The van der Waals surface area contributed by atoms with E-state index in [1.807, 2.05) is 52.4 Å². The minimum Gasteiger partial charge on any atom is -0.420 e. The number of amides is 3. The Morgan fingerprint density at radius 3 is 2.49 bits per heavy atom. The Morgan fingerprint density at radius 2 is 1.86 bits per heavy atom. The molecule has 0 aliphatic carbocycles. The van der Waals surface area contributed by atoms with Crippen LogP contribution in [0.15, 0.2) is 30.3 Å². The number of cyclic esters (lactones) is 1. The third kappa shape index (κ3) is 7.69. The van der Waals surface area contributed by atoms with Gasteiger partial charge in [0.2, 0.25) is 12.0 Å². The summed E-state index contributed by atoms with van der Waals surface area (Å²) in [6.07, 6.45) is 3.31. The van der Waals surface area contributed by atoms with Crippen molar-refractivity contribution in [1.82, 2.24) is 20.2 Å². The first-order valence-electron chi connectivity index (χ1n) is 13.0. The van der Waals surface area contributed by atoms with Crippen molar-refractivity contribution >= 4 is 17.9 Å². The maximum atomic E-state index is 13.7. The highest BCUT2D eigenvalue weighted by Gasteiger charge is 2.42. The molecule has 0 saturated carbocycles. The molecule has 8 heteroatoms. The molecule has 0 spiro atoms. The Hall–Kier alpha value is -2.61. The van der Waals surface area contributed by atoms with E-state index >= 15 is 0 Å². The molecule has 3 amide bonds. The average Bonchev–Trinajstić information content (AvgIpc) is 3.20. The standard InChI is InChI=1S/C27H41N4O4/c1-20(2)18-23(24(32)25-28-31(19-21(3)4)27(34)35-25)30(26(33)29-15-9-6-10-16-29)17-11-14-22-12-7-5-8-13-22/h5,7-8,12-13,15,20-21,23,25,28H,6,9-11,14,16-19H2,1-4H3/t23-,25?/m0/s1. The summed E-state index contributed by atoms with van der Waals surface area (Å²) in [4.78, 5) is 43.2. The van der Waals surface area contributed by atoms with Gasteiger partial charge in [-0.2, -0.15) is 5.43 Å². The smallest absolute Gasteiger partial charge is 0.420 e. The van der Waals surface area contributed by atoms with Gasteiger partial charge in [0.1, 0.15) is 0 Å². The highest BCUT2D eigenvalue weighted by Crippen LogP contribution is 2.23. The molecule has 1 unspecified atom stereocenters. The van der Waals surface area contributed by atoms with Crippen LogP contribution in [-0.2, 0) is 16.0 Å². The van der Waals surface area contributed by atoms with Gasteiger partial charge in [0, 0.05) is 19.6 Å². The molecule has 2 heterocycles. The molecule has 2 fully saturated rings. The number of nitrogens with one attached hydrogen (secondary N) is 1. The van der Waals surface area contributed by atoms with Crippen LogP contribution in [0.4, 0.5) is 9.59 Å². The van der Waals surface area contributed by atoms with Crippen LogP contribution in [0.3, 0.4) is 0 Å². The lowest BCUT2D eigenvalue weighted by Gasteiger charge is -2.38. The molecular weight excluding hydrogens is 444 g/mol. The number of carbonyl (C=O) groups excluding carboxylic acids is 3. The number of Topliss-reactive ketones (excluding diaryl/α,β-unsaturated/α-hetero) is 1. The fourth-order valence-electron chi connectivity index (χ4n) is 4.60. The van der Waals surface area contributed by atoms with E-state index in [0.717, 1.165) is 32.1 Å². The number of hydrazine groups is 1. The first kappa shape index (κ1) is 27.0. The molecule has 1 N–H and O–H groups in total. The van der Waals surface area contributed by atoms with Gasteiger partial charge in [0.15, 0.2) is 0 Å². The van der Waals surface area contributed by atoms with E-state index < -0.39 is 18.4 Å². The average molecular weight is 486 g/mol. The van der Waals surface area contributed by atoms with Crippen molar-refractivity contribution in [1.29, 1.82) is 0 Å². The second-order valence-corrected chi connectivity index (χ2v) is 10.4. The quantitative estimate of drug-likeness (QED) is 0.495. The predicted octanol–water partition coefficient (Wildman–Crippen LogP) is 4.61. The molecule has 35 heavy (non-hydrogen) atoms. The van der Waals surface area contributed by atoms with Crippen molar-refractivity contribution in [2.75, 3.05) is 19.6 Å². The van der Waals surface area contributed by atoms with Crippen molar-refractivity contribution in [3.05, 3.63) is 42.4 Å². The summed E-state index contributed by atoms with van der Waals surface area (Å²) in [5.41, 5.74) is 4.13. The summed E-state index contributed by atoms with van der Waals surface area (Å²) in [6.45, 7) is 11.6. The number of carbonyl (C=O) groups is 3. The number of likely N-dealkylation sites (tertiary alicyclic amines) is 1. The lowest BCUT2D eigenvalue weighted by atomic mass is 9.97. The molecule has 0 bridgehead atoms. The van der Waals surface area contributed by atoms with E-state index in [9.17, 15) is 14.4 Å². The van der Waals surface area contributed by atoms with Crippen LogP contribution in [0.25, 0.3) is 0 Å². The third-order valence-corrected chi connectivity index (χ3v) is 6.32. The topological polar surface area (TPSA) is 82.2 Å². The Morgan fingerprint density at radius 1 is 1.11 bits per heavy atom. The number of rotatable bonds is 11. The van der Waals surface area contributed by atoms with Crippen molar-refractivity contribution in [2.45, 2.75) is 78.5 Å². The normalized spacial score (nSPS) is 19.3. The van der Waals surface area contributed by atoms with Gasteiger partial charge in [-0.05, 0) is 55.9 Å². The molecule has 1 aromatic rings. The minimum atomic E-state index is -1.08. The molecule has 2 saturated heterocycles. The van der Waals surface area contributed by atoms with Crippen LogP contribution < -0.4 is 5.43 Å². The maximum Gasteiger partial charge on any atom is 0.426 e. The number of hydrogen-bond donors (Lipinski definition) is 1. The minimum absolute atomic E-state index is 0.139.